The number of ether oxygens (including phenoxy) is 2. The van der Waals surface area contributed by atoms with E-state index in [1.54, 1.807) is 24.3 Å². The van der Waals surface area contributed by atoms with Crippen LogP contribution in [0.15, 0.2) is 71.6 Å². The van der Waals surface area contributed by atoms with E-state index in [2.05, 4.69) is 0 Å². The lowest BCUT2D eigenvalue weighted by atomic mass is 9.87. The van der Waals surface area contributed by atoms with Crippen LogP contribution in [0.5, 0.6) is 11.5 Å². The molecule has 5 rings (SSSR count). The zero-order valence-electron chi connectivity index (χ0n) is 20.3. The zero-order chi connectivity index (χ0) is 25.3. The highest BCUT2D eigenvalue weighted by molar-refractivity contribution is 7.91. The zero-order valence-corrected chi connectivity index (χ0v) is 21.1. The van der Waals surface area contributed by atoms with E-state index in [4.69, 9.17) is 9.47 Å². The van der Waals surface area contributed by atoms with E-state index in [0.717, 1.165) is 35.1 Å². The summed E-state index contributed by atoms with van der Waals surface area (Å²) in [6.07, 6.45) is 2.59. The molecule has 0 radical (unpaired) electrons. The minimum atomic E-state index is -3.47. The summed E-state index contributed by atoms with van der Waals surface area (Å²) in [6, 6.07) is 20.4. The molecule has 1 N–H and O–H groups in total. The van der Waals surface area contributed by atoms with Crippen LogP contribution in [0, 0.1) is 5.92 Å². The Hall–Kier alpha value is -3.16. The quantitative estimate of drug-likeness (QED) is 0.428. The van der Waals surface area contributed by atoms with Gasteiger partial charge in [-0.1, -0.05) is 55.8 Å². The number of rotatable bonds is 10. The largest absolute Gasteiger partial charge is 0.454 e. The van der Waals surface area contributed by atoms with Crippen LogP contribution in [0.25, 0.3) is 11.1 Å². The predicted molar refractivity (Wildman–Crippen MR) is 137 cm³/mol. The number of fused-ring (bicyclic) bond motifs is 1. The lowest BCUT2D eigenvalue weighted by Crippen LogP contribution is -2.22. The molecule has 188 valence electrons. The van der Waals surface area contributed by atoms with Crippen LogP contribution in [0.4, 0.5) is 0 Å². The molecule has 1 aliphatic carbocycles. The normalized spacial score (nSPS) is 16.5. The van der Waals surface area contributed by atoms with Crippen molar-refractivity contribution in [3.63, 3.8) is 0 Å². The van der Waals surface area contributed by atoms with Gasteiger partial charge in [0.25, 0.3) is 0 Å². The fourth-order valence-electron chi connectivity index (χ4n) is 4.82. The van der Waals surface area contributed by atoms with Gasteiger partial charge in [0.05, 0.1) is 16.1 Å². The van der Waals surface area contributed by atoms with E-state index in [1.807, 2.05) is 49.4 Å². The summed E-state index contributed by atoms with van der Waals surface area (Å²) in [7, 11) is -3.47. The van der Waals surface area contributed by atoms with Crippen molar-refractivity contribution in [2.45, 2.75) is 42.9 Å². The summed E-state index contributed by atoms with van der Waals surface area (Å²) in [6.45, 7) is 1.94. The second kappa shape index (κ2) is 9.71. The number of benzene rings is 3. The van der Waals surface area contributed by atoms with Gasteiger partial charge in [-0.25, -0.2) is 8.42 Å². The molecule has 7 heteroatoms. The molecular formula is C29H30O6S. The molecule has 3 aromatic carbocycles. The maximum atomic E-state index is 13.4. The standard InChI is InChI=1S/C29H30O6S/c1-2-20(17-30)18-36(32,33)25-9-6-22(7-10-25)23-5-3-4-21(14-23)15-28(31)29(12-13-29)24-8-11-26-27(16-24)35-19-34-26/h3-11,14,16,20,30H,2,12-13,15,17-19H2,1H3/t20-/m1/s1. The Morgan fingerprint density at radius 3 is 2.42 bits per heavy atom. The Bertz CT molecular complexity index is 1370. The molecule has 0 bridgehead atoms. The molecule has 2 aliphatic rings. The Morgan fingerprint density at radius 1 is 0.972 bits per heavy atom. The first-order valence-electron chi connectivity index (χ1n) is 12.3. The van der Waals surface area contributed by atoms with E-state index in [9.17, 15) is 18.3 Å². The Kier molecular flexibility index (Phi) is 6.62. The molecule has 1 heterocycles. The Balaban J connectivity index is 1.31. The van der Waals surface area contributed by atoms with Crippen LogP contribution in [0.3, 0.4) is 0 Å². The summed E-state index contributed by atoms with van der Waals surface area (Å²) < 4.78 is 36.3. The van der Waals surface area contributed by atoms with Gasteiger partial charge >= 0.3 is 0 Å². The van der Waals surface area contributed by atoms with Crippen LogP contribution in [-0.4, -0.2) is 38.5 Å². The average Bonchev–Trinajstić information content (AvgIpc) is 3.58. The van der Waals surface area contributed by atoms with Crippen LogP contribution >= 0.6 is 0 Å². The molecule has 0 spiro atoms. The molecule has 0 saturated heterocycles. The Labute approximate surface area is 211 Å². The van der Waals surface area contributed by atoms with Crippen molar-refractivity contribution in [2.24, 2.45) is 5.92 Å². The van der Waals surface area contributed by atoms with Gasteiger partial charge in [-0.15, -0.1) is 0 Å². The highest BCUT2D eigenvalue weighted by Gasteiger charge is 2.50. The number of carbonyl (C=O) groups excluding carboxylic acids is 1. The molecule has 3 aromatic rings. The highest BCUT2D eigenvalue weighted by Crippen LogP contribution is 2.51. The first-order chi connectivity index (χ1) is 17.3. The van der Waals surface area contributed by atoms with E-state index >= 15 is 0 Å². The number of Topliss-reactive ketones (excluding diaryl/α,β-unsaturated/α-hetero) is 1. The Morgan fingerprint density at radius 2 is 1.72 bits per heavy atom. The number of sulfone groups is 1. The van der Waals surface area contributed by atoms with Crippen LogP contribution in [0.2, 0.25) is 0 Å². The number of hydrogen-bond donors (Lipinski definition) is 1. The van der Waals surface area contributed by atoms with Crippen molar-refractivity contribution in [2.75, 3.05) is 19.2 Å². The molecule has 0 unspecified atom stereocenters. The van der Waals surface area contributed by atoms with Crippen LogP contribution in [-0.2, 0) is 26.5 Å². The minimum Gasteiger partial charge on any atom is -0.454 e. The summed E-state index contributed by atoms with van der Waals surface area (Å²) in [5, 5.41) is 9.37. The monoisotopic (exact) mass is 506 g/mol. The topological polar surface area (TPSA) is 89.9 Å². The van der Waals surface area contributed by atoms with Crippen molar-refractivity contribution in [3.8, 4) is 22.6 Å². The van der Waals surface area contributed by atoms with Gasteiger partial charge in [0.2, 0.25) is 6.79 Å². The van der Waals surface area contributed by atoms with Gasteiger partial charge in [0.1, 0.15) is 5.78 Å². The van der Waals surface area contributed by atoms with Gasteiger partial charge in [-0.05, 0) is 65.3 Å². The molecule has 0 amide bonds. The second-order valence-corrected chi connectivity index (χ2v) is 11.7. The third kappa shape index (κ3) is 4.77. The van der Waals surface area contributed by atoms with E-state index < -0.39 is 15.3 Å². The van der Waals surface area contributed by atoms with Gasteiger partial charge in [-0.2, -0.15) is 0 Å². The third-order valence-electron chi connectivity index (χ3n) is 7.34. The van der Waals surface area contributed by atoms with Gasteiger partial charge in [0.15, 0.2) is 21.3 Å². The summed E-state index contributed by atoms with van der Waals surface area (Å²) >= 11 is 0. The van der Waals surface area contributed by atoms with E-state index in [-0.39, 0.29) is 35.7 Å². The van der Waals surface area contributed by atoms with Crippen molar-refractivity contribution < 1.29 is 27.8 Å². The minimum absolute atomic E-state index is 0.0674. The van der Waals surface area contributed by atoms with Crippen LogP contribution in [0.1, 0.15) is 37.3 Å². The summed E-state index contributed by atoms with van der Waals surface area (Å²) in [5.74, 6) is 1.26. The van der Waals surface area contributed by atoms with Crippen molar-refractivity contribution in [1.82, 2.24) is 0 Å². The lowest BCUT2D eigenvalue weighted by molar-refractivity contribution is -0.120. The van der Waals surface area contributed by atoms with E-state index in [0.29, 0.717) is 24.3 Å². The molecule has 1 aliphatic heterocycles. The fraction of sp³-hybridized carbons (Fsp3) is 0.345. The number of aliphatic hydroxyl groups is 1. The first kappa shape index (κ1) is 24.5. The average molecular weight is 507 g/mol. The molecule has 6 nitrogen and oxygen atoms in total. The maximum Gasteiger partial charge on any atom is 0.231 e. The smallest absolute Gasteiger partial charge is 0.231 e. The van der Waals surface area contributed by atoms with Gasteiger partial charge in [-0.3, -0.25) is 4.79 Å². The van der Waals surface area contributed by atoms with Crippen molar-refractivity contribution in [3.05, 3.63) is 77.9 Å². The number of aliphatic hydroxyl groups excluding tert-OH is 1. The van der Waals surface area contributed by atoms with Crippen LogP contribution < -0.4 is 9.47 Å². The molecule has 1 atom stereocenters. The predicted octanol–water partition coefficient (Wildman–Crippen LogP) is 4.72. The fourth-order valence-corrected chi connectivity index (χ4v) is 6.53. The highest BCUT2D eigenvalue weighted by atomic mass is 32.2. The SMILES string of the molecule is CC[C@H](CO)CS(=O)(=O)c1ccc(-c2cccc(CC(=O)C3(c4ccc5c(c4)OCO5)CC3)c2)cc1. The molecule has 0 aromatic heterocycles. The van der Waals surface area contributed by atoms with Crippen molar-refractivity contribution in [1.29, 1.82) is 0 Å². The first-order valence-corrected chi connectivity index (χ1v) is 14.0. The molecular weight excluding hydrogens is 476 g/mol. The van der Waals surface area contributed by atoms with Crippen molar-refractivity contribution >= 4 is 15.6 Å². The molecule has 1 saturated carbocycles. The van der Waals surface area contributed by atoms with Gasteiger partial charge in [0, 0.05) is 13.0 Å². The lowest BCUT2D eigenvalue weighted by Gasteiger charge is -2.16. The number of ketones is 1. The number of hydrogen-bond acceptors (Lipinski definition) is 6. The van der Waals surface area contributed by atoms with Gasteiger partial charge < -0.3 is 14.6 Å². The van der Waals surface area contributed by atoms with E-state index in [1.165, 1.54) is 0 Å². The third-order valence-corrected chi connectivity index (χ3v) is 9.24. The second-order valence-electron chi connectivity index (χ2n) is 9.71. The molecule has 36 heavy (non-hydrogen) atoms. The summed E-state index contributed by atoms with van der Waals surface area (Å²) in [4.78, 5) is 13.6. The molecule has 1 fully saturated rings. The number of carbonyl (C=O) groups is 1. The maximum absolute atomic E-state index is 13.4. The summed E-state index contributed by atoms with van der Waals surface area (Å²) in [5.41, 5.74) is 3.26.